The number of hydrogen-bond acceptors (Lipinski definition) is 0. The van der Waals surface area contributed by atoms with Gasteiger partial charge in [0.05, 0.1) is 0 Å². The molecule has 0 bridgehead atoms. The number of aryl methyl sites for hydroxylation is 2. The summed E-state index contributed by atoms with van der Waals surface area (Å²) in [7, 11) is -2.10. The molecule has 0 aliphatic carbocycles. The first-order valence-electron chi connectivity index (χ1n) is 6.26. The summed E-state index contributed by atoms with van der Waals surface area (Å²) in [6, 6.07) is 14.9. The van der Waals surface area contributed by atoms with Gasteiger partial charge in [-0.15, -0.1) is 0 Å². The van der Waals surface area contributed by atoms with E-state index in [1.807, 2.05) is 6.07 Å². The maximum Gasteiger partial charge on any atom is 0.214 e. The third-order valence-corrected chi connectivity index (χ3v) is 8.08. The number of benzene rings is 2. The van der Waals surface area contributed by atoms with Crippen molar-refractivity contribution in [3.63, 3.8) is 0 Å². The van der Waals surface area contributed by atoms with Gasteiger partial charge >= 0.3 is 0 Å². The van der Waals surface area contributed by atoms with Crippen LogP contribution in [0, 0.1) is 20.8 Å². The van der Waals surface area contributed by atoms with Crippen molar-refractivity contribution in [1.82, 2.24) is 0 Å². The molecule has 0 aromatic heterocycles. The molecule has 0 aliphatic heterocycles. The molecule has 0 amide bonds. The van der Waals surface area contributed by atoms with E-state index in [0.717, 1.165) is 0 Å². The Bertz CT molecular complexity index is 559. The molecule has 1 unspecified atom stereocenters. The number of hydrogen-bond donors (Lipinski definition) is 0. The SMILES string of the molecule is Cc1ccc(C)c([Si](C)(Cl)c2ccccc2)c1C. The van der Waals surface area contributed by atoms with Crippen LogP contribution in [0.1, 0.15) is 16.7 Å². The molecule has 2 heteroatoms. The van der Waals surface area contributed by atoms with Crippen LogP contribution < -0.4 is 10.4 Å². The fourth-order valence-electron chi connectivity index (χ4n) is 2.57. The van der Waals surface area contributed by atoms with E-state index in [-0.39, 0.29) is 0 Å². The Morgan fingerprint density at radius 3 is 2.00 bits per heavy atom. The Labute approximate surface area is 115 Å². The zero-order valence-electron chi connectivity index (χ0n) is 11.4. The van der Waals surface area contributed by atoms with Gasteiger partial charge in [0.15, 0.2) is 0 Å². The summed E-state index contributed by atoms with van der Waals surface area (Å²) in [6.07, 6.45) is 0. The first kappa shape index (κ1) is 13.4. The van der Waals surface area contributed by atoms with Crippen LogP contribution in [0.15, 0.2) is 42.5 Å². The van der Waals surface area contributed by atoms with Crippen LogP contribution in [0.4, 0.5) is 0 Å². The van der Waals surface area contributed by atoms with E-state index in [9.17, 15) is 0 Å². The van der Waals surface area contributed by atoms with E-state index in [1.165, 1.54) is 27.1 Å². The van der Waals surface area contributed by atoms with Gasteiger partial charge in [-0.05, 0) is 54.4 Å². The normalized spacial score (nSPS) is 14.3. The average Bonchev–Trinajstić information content (AvgIpc) is 2.35. The minimum atomic E-state index is -2.10. The summed E-state index contributed by atoms with van der Waals surface area (Å²) in [5.41, 5.74) is 3.99. The highest BCUT2D eigenvalue weighted by molar-refractivity contribution is 7.33. The fraction of sp³-hybridized carbons (Fsp3) is 0.250. The topological polar surface area (TPSA) is 0 Å². The Morgan fingerprint density at radius 1 is 0.833 bits per heavy atom. The minimum absolute atomic E-state index is 1.28. The monoisotopic (exact) mass is 274 g/mol. The molecule has 0 radical (unpaired) electrons. The van der Waals surface area contributed by atoms with Crippen LogP contribution in [0.3, 0.4) is 0 Å². The molecule has 0 saturated heterocycles. The second kappa shape index (κ2) is 4.91. The molecular formula is C16H19ClSi. The smallest absolute Gasteiger partial charge is 0.155 e. The van der Waals surface area contributed by atoms with Crippen molar-refractivity contribution < 1.29 is 0 Å². The largest absolute Gasteiger partial charge is 0.214 e. The van der Waals surface area contributed by atoms with Gasteiger partial charge in [-0.25, -0.2) is 0 Å². The molecular weight excluding hydrogens is 256 g/mol. The van der Waals surface area contributed by atoms with Crippen molar-refractivity contribution in [2.24, 2.45) is 0 Å². The molecule has 2 aromatic carbocycles. The Kier molecular flexibility index (Phi) is 3.65. The lowest BCUT2D eigenvalue weighted by Crippen LogP contribution is -2.53. The summed E-state index contributed by atoms with van der Waals surface area (Å²) in [6.45, 7) is 8.73. The van der Waals surface area contributed by atoms with Gasteiger partial charge in [0.25, 0.3) is 0 Å². The van der Waals surface area contributed by atoms with Gasteiger partial charge in [0, 0.05) is 0 Å². The van der Waals surface area contributed by atoms with Crippen molar-refractivity contribution in [3.8, 4) is 0 Å². The van der Waals surface area contributed by atoms with E-state index in [1.54, 1.807) is 0 Å². The molecule has 94 valence electrons. The molecule has 0 saturated carbocycles. The highest BCUT2D eigenvalue weighted by Gasteiger charge is 2.32. The van der Waals surface area contributed by atoms with Gasteiger partial charge in [-0.3, -0.25) is 0 Å². The van der Waals surface area contributed by atoms with Crippen molar-refractivity contribution >= 4 is 28.8 Å². The van der Waals surface area contributed by atoms with Crippen molar-refractivity contribution in [1.29, 1.82) is 0 Å². The van der Waals surface area contributed by atoms with Gasteiger partial charge in [0.1, 0.15) is 0 Å². The Balaban J connectivity index is 2.65. The predicted molar refractivity (Wildman–Crippen MR) is 83.8 cm³/mol. The Hall–Kier alpha value is -1.05. The standard InChI is InChI=1S/C16H19ClSi/c1-12-10-11-13(2)16(14(12)3)18(4,17)15-8-6-5-7-9-15/h5-11H,1-4H3. The Morgan fingerprint density at radius 2 is 1.39 bits per heavy atom. The first-order chi connectivity index (χ1) is 8.44. The second-order valence-corrected chi connectivity index (χ2v) is 10.4. The van der Waals surface area contributed by atoms with E-state index < -0.39 is 7.38 Å². The van der Waals surface area contributed by atoms with Crippen LogP contribution >= 0.6 is 11.1 Å². The molecule has 2 aromatic rings. The summed E-state index contributed by atoms with van der Waals surface area (Å²) in [5.74, 6) is 0. The molecule has 0 N–H and O–H groups in total. The van der Waals surface area contributed by atoms with Crippen molar-refractivity contribution in [2.75, 3.05) is 0 Å². The molecule has 18 heavy (non-hydrogen) atoms. The van der Waals surface area contributed by atoms with E-state index in [2.05, 4.69) is 63.7 Å². The molecule has 0 fully saturated rings. The zero-order valence-corrected chi connectivity index (χ0v) is 13.2. The fourth-order valence-corrected chi connectivity index (χ4v) is 6.65. The van der Waals surface area contributed by atoms with Gasteiger partial charge in [-0.2, -0.15) is 11.1 Å². The van der Waals surface area contributed by atoms with Gasteiger partial charge < -0.3 is 0 Å². The average molecular weight is 275 g/mol. The molecule has 0 heterocycles. The highest BCUT2D eigenvalue weighted by atomic mass is 35.6. The minimum Gasteiger partial charge on any atom is -0.155 e. The van der Waals surface area contributed by atoms with Crippen LogP contribution in [0.25, 0.3) is 0 Å². The lowest BCUT2D eigenvalue weighted by atomic mass is 10.1. The summed E-state index contributed by atoms with van der Waals surface area (Å²) in [4.78, 5) is 0. The molecule has 0 aliphatic rings. The van der Waals surface area contributed by atoms with E-state index in [4.69, 9.17) is 11.1 Å². The quantitative estimate of drug-likeness (QED) is 0.580. The number of halogens is 1. The number of rotatable bonds is 2. The third kappa shape index (κ3) is 2.25. The second-order valence-electron chi connectivity index (χ2n) is 5.07. The molecule has 2 rings (SSSR count). The van der Waals surface area contributed by atoms with Crippen molar-refractivity contribution in [3.05, 3.63) is 59.2 Å². The summed E-state index contributed by atoms with van der Waals surface area (Å²) >= 11 is 7.01. The molecule has 0 nitrogen and oxygen atoms in total. The van der Waals surface area contributed by atoms with Crippen LogP contribution in [0.2, 0.25) is 6.55 Å². The maximum atomic E-state index is 7.01. The van der Waals surface area contributed by atoms with Crippen molar-refractivity contribution in [2.45, 2.75) is 27.3 Å². The van der Waals surface area contributed by atoms with Crippen LogP contribution in [-0.2, 0) is 0 Å². The third-order valence-electron chi connectivity index (χ3n) is 3.73. The van der Waals surface area contributed by atoms with Gasteiger partial charge in [0.2, 0.25) is 7.38 Å². The predicted octanol–water partition coefficient (Wildman–Crippen LogP) is 3.54. The highest BCUT2D eigenvalue weighted by Crippen LogP contribution is 2.17. The van der Waals surface area contributed by atoms with Crippen LogP contribution in [0.5, 0.6) is 0 Å². The van der Waals surface area contributed by atoms with E-state index in [0.29, 0.717) is 0 Å². The lowest BCUT2D eigenvalue weighted by Gasteiger charge is -2.25. The first-order valence-corrected chi connectivity index (χ1v) is 9.77. The molecule has 1 atom stereocenters. The summed E-state index contributed by atoms with van der Waals surface area (Å²) in [5, 5.41) is 2.65. The lowest BCUT2D eigenvalue weighted by molar-refractivity contribution is 1.33. The van der Waals surface area contributed by atoms with E-state index >= 15 is 0 Å². The zero-order chi connectivity index (χ0) is 13.3. The molecule has 0 spiro atoms. The summed E-state index contributed by atoms with van der Waals surface area (Å²) < 4.78 is 0. The van der Waals surface area contributed by atoms with Crippen LogP contribution in [-0.4, -0.2) is 7.38 Å². The maximum absolute atomic E-state index is 7.01. The van der Waals surface area contributed by atoms with Gasteiger partial charge in [-0.1, -0.05) is 42.5 Å².